The molecule has 0 saturated heterocycles. The van der Waals surface area contributed by atoms with Gasteiger partial charge in [-0.25, -0.2) is 4.79 Å². The average Bonchev–Trinajstić information content (AvgIpc) is 3.17. The van der Waals surface area contributed by atoms with E-state index in [1.54, 1.807) is 6.92 Å². The van der Waals surface area contributed by atoms with E-state index < -0.39 is 11.4 Å². The lowest BCUT2D eigenvalue weighted by Gasteiger charge is -2.34. The fourth-order valence-electron chi connectivity index (χ4n) is 5.16. The first-order valence-corrected chi connectivity index (χ1v) is 10.4. The number of anilines is 1. The summed E-state index contributed by atoms with van der Waals surface area (Å²) in [4.78, 5) is 39.6. The largest absolute Gasteiger partial charge is 0.462 e. The molecule has 2 atom stereocenters. The fraction of sp³-hybridized carbons (Fsp3) is 0.650. The Labute approximate surface area is 162 Å². The van der Waals surface area contributed by atoms with Crippen molar-refractivity contribution in [2.24, 2.45) is 16.7 Å². The molecule has 2 aliphatic carbocycles. The topological polar surface area (TPSA) is 81.7 Å². The number of carbonyl (C=O) groups excluding carboxylic acids is 3. The van der Waals surface area contributed by atoms with Crippen molar-refractivity contribution < 1.29 is 23.9 Å². The zero-order valence-corrected chi connectivity index (χ0v) is 16.8. The van der Waals surface area contributed by atoms with E-state index in [0.717, 1.165) is 16.9 Å². The normalized spacial score (nSPS) is 28.1. The summed E-state index contributed by atoms with van der Waals surface area (Å²) in [5.41, 5.74) is -0.0236. The Bertz CT molecular complexity index is 827. The van der Waals surface area contributed by atoms with Gasteiger partial charge in [-0.15, -0.1) is 11.3 Å². The van der Waals surface area contributed by atoms with Crippen molar-refractivity contribution in [1.29, 1.82) is 0 Å². The van der Waals surface area contributed by atoms with Crippen LogP contribution in [0.25, 0.3) is 0 Å². The lowest BCUT2D eigenvalue weighted by atomic mass is 9.68. The molecule has 2 heterocycles. The smallest absolute Gasteiger partial charge is 0.341 e. The maximum Gasteiger partial charge on any atom is 0.341 e. The van der Waals surface area contributed by atoms with E-state index in [1.807, 2.05) is 13.8 Å². The summed E-state index contributed by atoms with van der Waals surface area (Å²) in [6.07, 6.45) is 2.57. The minimum atomic E-state index is -0.995. The second kappa shape index (κ2) is 6.41. The highest BCUT2D eigenvalue weighted by atomic mass is 32.1. The Balaban J connectivity index is 1.71. The predicted octanol–water partition coefficient (Wildman–Crippen LogP) is 3.33. The first kappa shape index (κ1) is 18.6. The number of ketones is 1. The van der Waals surface area contributed by atoms with Crippen LogP contribution in [0.5, 0.6) is 0 Å². The van der Waals surface area contributed by atoms with Crippen molar-refractivity contribution in [2.45, 2.75) is 53.1 Å². The molecule has 7 heteroatoms. The zero-order chi connectivity index (χ0) is 19.4. The minimum absolute atomic E-state index is 0.0311. The van der Waals surface area contributed by atoms with Gasteiger partial charge in [-0.05, 0) is 43.1 Å². The standard InChI is InChI=1S/C20H25NO5S/c1-4-26-17(23)15-12-6-8-25-10-13(12)27-16(15)21-18(24)20-7-5-11(9-14(20)22)19(20,2)3/h11H,4-10H2,1-3H3,(H,21,24). The number of hydrogen-bond donors (Lipinski definition) is 1. The van der Waals surface area contributed by atoms with E-state index in [1.165, 1.54) is 11.3 Å². The number of ether oxygens (including phenoxy) is 2. The third-order valence-electron chi connectivity index (χ3n) is 6.81. The van der Waals surface area contributed by atoms with Gasteiger partial charge >= 0.3 is 5.97 Å². The number of amides is 1. The van der Waals surface area contributed by atoms with Crippen molar-refractivity contribution in [2.75, 3.05) is 18.5 Å². The van der Waals surface area contributed by atoms with Gasteiger partial charge in [0, 0.05) is 11.3 Å². The molecule has 6 nitrogen and oxygen atoms in total. The van der Waals surface area contributed by atoms with Gasteiger partial charge in [0.25, 0.3) is 0 Å². The Morgan fingerprint density at radius 2 is 2.15 bits per heavy atom. The molecular formula is C20H25NO5S. The molecule has 0 spiro atoms. The third-order valence-corrected chi connectivity index (χ3v) is 7.93. The first-order valence-electron chi connectivity index (χ1n) is 9.57. The maximum absolute atomic E-state index is 13.4. The summed E-state index contributed by atoms with van der Waals surface area (Å²) >= 11 is 1.36. The van der Waals surface area contributed by atoms with Gasteiger partial charge in [-0.3, -0.25) is 9.59 Å². The number of Topliss-reactive ketones (excluding diaryl/α,β-unsaturated/α-hetero) is 1. The molecule has 3 aliphatic rings. The van der Waals surface area contributed by atoms with E-state index in [4.69, 9.17) is 9.47 Å². The lowest BCUT2D eigenvalue weighted by molar-refractivity contribution is -0.141. The van der Waals surface area contributed by atoms with E-state index in [9.17, 15) is 14.4 Å². The number of nitrogens with one attached hydrogen (secondary N) is 1. The molecule has 0 radical (unpaired) electrons. The molecule has 0 aromatic carbocycles. The van der Waals surface area contributed by atoms with E-state index in [2.05, 4.69) is 5.32 Å². The van der Waals surface area contributed by atoms with Crippen LogP contribution in [0.2, 0.25) is 0 Å². The molecule has 1 N–H and O–H groups in total. The van der Waals surface area contributed by atoms with Gasteiger partial charge < -0.3 is 14.8 Å². The van der Waals surface area contributed by atoms with Crippen molar-refractivity contribution in [3.05, 3.63) is 16.0 Å². The maximum atomic E-state index is 13.4. The minimum Gasteiger partial charge on any atom is -0.462 e. The number of rotatable bonds is 4. The van der Waals surface area contributed by atoms with Crippen LogP contribution < -0.4 is 5.32 Å². The Morgan fingerprint density at radius 1 is 1.37 bits per heavy atom. The summed E-state index contributed by atoms with van der Waals surface area (Å²) < 4.78 is 10.7. The van der Waals surface area contributed by atoms with Crippen LogP contribution in [0.3, 0.4) is 0 Å². The third kappa shape index (κ3) is 2.51. The summed E-state index contributed by atoms with van der Waals surface area (Å²) in [5.74, 6) is -0.414. The molecule has 2 fully saturated rings. The van der Waals surface area contributed by atoms with Crippen LogP contribution in [0, 0.1) is 16.7 Å². The highest BCUT2D eigenvalue weighted by Crippen LogP contribution is 2.64. The Morgan fingerprint density at radius 3 is 2.78 bits per heavy atom. The van der Waals surface area contributed by atoms with Crippen molar-refractivity contribution in [3.8, 4) is 0 Å². The van der Waals surface area contributed by atoms with Crippen LogP contribution in [-0.4, -0.2) is 30.9 Å². The van der Waals surface area contributed by atoms with Gasteiger partial charge in [0.15, 0.2) is 0 Å². The number of hydrogen-bond acceptors (Lipinski definition) is 6. The first-order chi connectivity index (χ1) is 12.8. The van der Waals surface area contributed by atoms with Gasteiger partial charge in [0.2, 0.25) is 5.91 Å². The van der Waals surface area contributed by atoms with Crippen LogP contribution in [0.4, 0.5) is 5.00 Å². The van der Waals surface area contributed by atoms with Crippen molar-refractivity contribution in [1.82, 2.24) is 0 Å². The van der Waals surface area contributed by atoms with Gasteiger partial charge in [0.05, 0.1) is 25.4 Å². The van der Waals surface area contributed by atoms with Crippen LogP contribution >= 0.6 is 11.3 Å². The number of thiophene rings is 1. The van der Waals surface area contributed by atoms with E-state index in [0.29, 0.717) is 43.0 Å². The molecule has 146 valence electrons. The van der Waals surface area contributed by atoms with Crippen molar-refractivity contribution in [3.63, 3.8) is 0 Å². The lowest BCUT2D eigenvalue weighted by Crippen LogP contribution is -2.46. The monoisotopic (exact) mass is 391 g/mol. The Kier molecular flexibility index (Phi) is 4.42. The van der Waals surface area contributed by atoms with Crippen LogP contribution in [0.1, 0.15) is 60.8 Å². The molecule has 27 heavy (non-hydrogen) atoms. The molecule has 2 saturated carbocycles. The second-order valence-corrected chi connectivity index (χ2v) is 9.28. The molecule has 1 aliphatic heterocycles. The quantitative estimate of drug-likeness (QED) is 0.629. The summed E-state index contributed by atoms with van der Waals surface area (Å²) in [7, 11) is 0. The van der Waals surface area contributed by atoms with Gasteiger partial charge in [-0.2, -0.15) is 0 Å². The molecule has 4 rings (SSSR count). The number of esters is 1. The number of fused-ring (bicyclic) bond motifs is 3. The van der Waals surface area contributed by atoms with Crippen molar-refractivity contribution >= 4 is 34.0 Å². The zero-order valence-electron chi connectivity index (χ0n) is 16.0. The molecular weight excluding hydrogens is 366 g/mol. The summed E-state index contributed by atoms with van der Waals surface area (Å²) in [5, 5.41) is 3.44. The van der Waals surface area contributed by atoms with Gasteiger partial charge in [0.1, 0.15) is 16.2 Å². The van der Waals surface area contributed by atoms with Gasteiger partial charge in [-0.1, -0.05) is 13.8 Å². The highest BCUT2D eigenvalue weighted by molar-refractivity contribution is 7.17. The summed E-state index contributed by atoms with van der Waals surface area (Å²) in [6.45, 7) is 7.05. The molecule has 1 aromatic heterocycles. The molecule has 2 unspecified atom stereocenters. The highest BCUT2D eigenvalue weighted by Gasteiger charge is 2.68. The second-order valence-electron chi connectivity index (χ2n) is 8.18. The van der Waals surface area contributed by atoms with Crippen LogP contribution in [-0.2, 0) is 32.1 Å². The Hall–Kier alpha value is -1.73. The van der Waals surface area contributed by atoms with E-state index >= 15 is 0 Å². The molecule has 1 aromatic rings. The number of carbonyl (C=O) groups is 3. The average molecular weight is 391 g/mol. The SMILES string of the molecule is CCOC(=O)c1c(NC(=O)C23CCC(CC2=O)C3(C)C)sc2c1CCOC2. The predicted molar refractivity (Wildman–Crippen MR) is 101 cm³/mol. The molecule has 2 bridgehead atoms. The molecule has 1 amide bonds. The summed E-state index contributed by atoms with van der Waals surface area (Å²) in [6, 6.07) is 0. The van der Waals surface area contributed by atoms with E-state index in [-0.39, 0.29) is 29.6 Å². The van der Waals surface area contributed by atoms with Crippen LogP contribution in [0.15, 0.2) is 0 Å². The fourth-order valence-corrected chi connectivity index (χ4v) is 6.33.